The average molecular weight is 493 g/mol. The van der Waals surface area contributed by atoms with Crippen molar-refractivity contribution in [1.29, 1.82) is 0 Å². The van der Waals surface area contributed by atoms with E-state index in [9.17, 15) is 13.2 Å². The van der Waals surface area contributed by atoms with E-state index in [0.29, 0.717) is 11.1 Å². The Kier molecular flexibility index (Phi) is 8.18. The summed E-state index contributed by atoms with van der Waals surface area (Å²) in [6.45, 7) is 13.6. The number of hydrogen-bond acceptors (Lipinski definition) is 3. The standard InChI is InChI=1S/C29H36N2O3S/c1-18-13-22(5)28(23(6)14-18)35(33,34)31-27(17-25-11-9-8-10-12-25)29(32)30-24(7)26-16-20(3)19(2)15-21(26)4/h8-16,24,27,31H,17H2,1-7H3,(H,30,32). The molecule has 6 heteroatoms. The van der Waals surface area contributed by atoms with Gasteiger partial charge < -0.3 is 5.32 Å². The van der Waals surface area contributed by atoms with E-state index in [1.54, 1.807) is 13.8 Å². The first-order chi connectivity index (χ1) is 16.4. The maximum atomic E-state index is 13.5. The van der Waals surface area contributed by atoms with Gasteiger partial charge in [0.15, 0.2) is 0 Å². The summed E-state index contributed by atoms with van der Waals surface area (Å²) in [5.41, 5.74) is 7.65. The van der Waals surface area contributed by atoms with E-state index in [1.165, 1.54) is 5.56 Å². The largest absolute Gasteiger partial charge is 0.348 e. The number of carbonyl (C=O) groups excluding carboxylic acids is 1. The minimum atomic E-state index is -3.93. The Balaban J connectivity index is 1.93. The molecule has 0 aliphatic heterocycles. The Hall–Kier alpha value is -2.96. The normalized spacial score (nSPS) is 13.3. The molecule has 0 bridgehead atoms. The van der Waals surface area contributed by atoms with Gasteiger partial charge in [-0.1, -0.05) is 60.2 Å². The Morgan fingerprint density at radius 3 is 1.97 bits per heavy atom. The van der Waals surface area contributed by atoms with Gasteiger partial charge in [-0.2, -0.15) is 4.72 Å². The molecule has 3 aromatic rings. The van der Waals surface area contributed by atoms with Gasteiger partial charge in [0.25, 0.3) is 0 Å². The lowest BCUT2D eigenvalue weighted by Gasteiger charge is -2.24. The van der Waals surface area contributed by atoms with Crippen LogP contribution in [-0.4, -0.2) is 20.4 Å². The van der Waals surface area contributed by atoms with Gasteiger partial charge >= 0.3 is 0 Å². The van der Waals surface area contributed by atoms with E-state index in [-0.39, 0.29) is 23.3 Å². The highest BCUT2D eigenvalue weighted by Crippen LogP contribution is 2.24. The zero-order valence-electron chi connectivity index (χ0n) is 21.7. The lowest BCUT2D eigenvalue weighted by atomic mass is 9.96. The molecule has 0 aromatic heterocycles. The van der Waals surface area contributed by atoms with E-state index >= 15 is 0 Å². The maximum absolute atomic E-state index is 13.5. The molecule has 0 radical (unpaired) electrons. The Bertz CT molecular complexity index is 1310. The topological polar surface area (TPSA) is 75.3 Å². The fraction of sp³-hybridized carbons (Fsp3) is 0.345. The van der Waals surface area contributed by atoms with Crippen molar-refractivity contribution in [2.45, 2.75) is 71.9 Å². The zero-order valence-corrected chi connectivity index (χ0v) is 22.5. The van der Waals surface area contributed by atoms with Gasteiger partial charge in [-0.05, 0) is 93.8 Å². The number of sulfonamides is 1. The first-order valence-corrected chi connectivity index (χ1v) is 13.4. The molecule has 186 valence electrons. The molecule has 2 unspecified atom stereocenters. The lowest BCUT2D eigenvalue weighted by Crippen LogP contribution is -2.48. The molecule has 0 heterocycles. The smallest absolute Gasteiger partial charge is 0.241 e. The predicted octanol–water partition coefficient (Wildman–Crippen LogP) is 5.30. The predicted molar refractivity (Wildman–Crippen MR) is 142 cm³/mol. The highest BCUT2D eigenvalue weighted by atomic mass is 32.2. The van der Waals surface area contributed by atoms with Crippen LogP contribution in [0.25, 0.3) is 0 Å². The Morgan fingerprint density at radius 1 is 0.800 bits per heavy atom. The molecule has 1 amide bonds. The second-order valence-electron chi connectivity index (χ2n) is 9.61. The van der Waals surface area contributed by atoms with Crippen LogP contribution in [0, 0.1) is 41.5 Å². The van der Waals surface area contributed by atoms with Crippen LogP contribution in [0.2, 0.25) is 0 Å². The molecule has 0 saturated heterocycles. The Morgan fingerprint density at radius 2 is 1.37 bits per heavy atom. The highest BCUT2D eigenvalue weighted by molar-refractivity contribution is 7.89. The summed E-state index contributed by atoms with van der Waals surface area (Å²) in [6.07, 6.45) is 0.245. The molecular weight excluding hydrogens is 456 g/mol. The van der Waals surface area contributed by atoms with E-state index in [0.717, 1.165) is 27.8 Å². The van der Waals surface area contributed by atoms with E-state index in [1.807, 2.05) is 70.2 Å². The second kappa shape index (κ2) is 10.8. The second-order valence-corrected chi connectivity index (χ2v) is 11.3. The lowest BCUT2D eigenvalue weighted by molar-refractivity contribution is -0.123. The SMILES string of the molecule is Cc1cc(C)c(S(=O)(=O)NC(Cc2ccccc2)C(=O)NC(C)c2cc(C)c(C)cc2C)c(C)c1. The highest BCUT2D eigenvalue weighted by Gasteiger charge is 2.29. The monoisotopic (exact) mass is 492 g/mol. The van der Waals surface area contributed by atoms with Crippen molar-refractivity contribution < 1.29 is 13.2 Å². The number of amides is 1. The van der Waals surface area contributed by atoms with Crippen molar-refractivity contribution in [3.05, 3.63) is 99.1 Å². The minimum absolute atomic E-state index is 0.229. The third-order valence-corrected chi connectivity index (χ3v) is 8.25. The van der Waals surface area contributed by atoms with Crippen LogP contribution in [0.3, 0.4) is 0 Å². The third-order valence-electron chi connectivity index (χ3n) is 6.48. The molecule has 0 saturated carbocycles. The van der Waals surface area contributed by atoms with Gasteiger partial charge in [0, 0.05) is 0 Å². The molecule has 3 aromatic carbocycles. The number of rotatable bonds is 8. The minimum Gasteiger partial charge on any atom is -0.348 e. The van der Waals surface area contributed by atoms with Gasteiger partial charge in [0.2, 0.25) is 15.9 Å². The zero-order chi connectivity index (χ0) is 25.9. The molecule has 35 heavy (non-hydrogen) atoms. The molecule has 2 atom stereocenters. The van der Waals surface area contributed by atoms with Gasteiger partial charge in [0.05, 0.1) is 10.9 Å². The van der Waals surface area contributed by atoms with Crippen molar-refractivity contribution in [3.63, 3.8) is 0 Å². The van der Waals surface area contributed by atoms with Gasteiger partial charge in [-0.25, -0.2) is 8.42 Å². The van der Waals surface area contributed by atoms with Crippen molar-refractivity contribution in [2.24, 2.45) is 0 Å². The summed E-state index contributed by atoms with van der Waals surface area (Å²) in [7, 11) is -3.93. The average Bonchev–Trinajstić information content (AvgIpc) is 2.75. The van der Waals surface area contributed by atoms with Gasteiger partial charge in [-0.3, -0.25) is 4.79 Å². The fourth-order valence-electron chi connectivity index (χ4n) is 4.72. The molecule has 0 fully saturated rings. The molecule has 0 spiro atoms. The quantitative estimate of drug-likeness (QED) is 0.448. The maximum Gasteiger partial charge on any atom is 0.241 e. The van der Waals surface area contributed by atoms with Crippen molar-refractivity contribution in [3.8, 4) is 0 Å². The number of hydrogen-bond donors (Lipinski definition) is 2. The van der Waals surface area contributed by atoms with Crippen molar-refractivity contribution in [2.75, 3.05) is 0 Å². The van der Waals surface area contributed by atoms with Crippen LogP contribution < -0.4 is 10.0 Å². The number of benzene rings is 3. The number of nitrogens with one attached hydrogen (secondary N) is 2. The third kappa shape index (κ3) is 6.38. The molecule has 5 nitrogen and oxygen atoms in total. The number of carbonyl (C=O) groups is 1. The van der Waals surface area contributed by atoms with Crippen molar-refractivity contribution in [1.82, 2.24) is 10.0 Å². The molecular formula is C29H36N2O3S. The summed E-state index contributed by atoms with van der Waals surface area (Å²) >= 11 is 0. The van der Waals surface area contributed by atoms with E-state index < -0.39 is 16.1 Å². The fourth-order valence-corrected chi connectivity index (χ4v) is 6.36. The van der Waals surface area contributed by atoms with Gasteiger partial charge in [0.1, 0.15) is 6.04 Å². The molecule has 3 rings (SSSR count). The molecule has 0 aliphatic carbocycles. The van der Waals surface area contributed by atoms with Crippen LogP contribution >= 0.6 is 0 Å². The first-order valence-electron chi connectivity index (χ1n) is 11.9. The summed E-state index contributed by atoms with van der Waals surface area (Å²) in [6, 6.07) is 16.1. The summed E-state index contributed by atoms with van der Waals surface area (Å²) in [4.78, 5) is 13.7. The first kappa shape index (κ1) is 26.6. The summed E-state index contributed by atoms with van der Waals surface area (Å²) in [5, 5.41) is 3.05. The number of aryl methyl sites for hydroxylation is 6. The van der Waals surface area contributed by atoms with Crippen LogP contribution in [0.15, 0.2) is 59.5 Å². The molecule has 0 aliphatic rings. The van der Waals surface area contributed by atoms with E-state index in [4.69, 9.17) is 0 Å². The van der Waals surface area contributed by atoms with Gasteiger partial charge in [-0.15, -0.1) is 0 Å². The molecule has 2 N–H and O–H groups in total. The van der Waals surface area contributed by atoms with Crippen LogP contribution in [0.5, 0.6) is 0 Å². The van der Waals surface area contributed by atoms with Crippen LogP contribution in [0.1, 0.15) is 57.5 Å². The summed E-state index contributed by atoms with van der Waals surface area (Å²) < 4.78 is 29.7. The summed E-state index contributed by atoms with van der Waals surface area (Å²) in [5.74, 6) is -0.357. The van der Waals surface area contributed by atoms with Crippen LogP contribution in [-0.2, 0) is 21.2 Å². The van der Waals surface area contributed by atoms with E-state index in [2.05, 4.69) is 29.1 Å². The van der Waals surface area contributed by atoms with Crippen LogP contribution in [0.4, 0.5) is 0 Å². The van der Waals surface area contributed by atoms with Crippen molar-refractivity contribution >= 4 is 15.9 Å². The Labute approximate surface area is 210 Å².